The Labute approximate surface area is 232 Å². The third-order valence-corrected chi connectivity index (χ3v) is 5.59. The first-order valence-electron chi connectivity index (χ1n) is 11.5. The van der Waals surface area contributed by atoms with E-state index in [4.69, 9.17) is 9.47 Å². The fourth-order valence-corrected chi connectivity index (χ4v) is 4.14. The molecule has 6 nitrogen and oxygen atoms in total. The highest BCUT2D eigenvalue weighted by atomic mass is 127. The standard InChI is InChI=1S/C25H36N2O4.2HI/c1-6-9-10-11-12-15-27-16-13-14-20(17-27)23-21(24(28)30-7-2)18(4)26-19(5)22(23)25(29)31-8-3;;/h13-14,16-17,23H,6-12,15H2,1-5H3;2*1H. The molecule has 8 heteroatoms. The summed E-state index contributed by atoms with van der Waals surface area (Å²) in [4.78, 5) is 25.8. The van der Waals surface area contributed by atoms with Crippen molar-refractivity contribution in [2.45, 2.75) is 79.2 Å². The molecule has 0 aliphatic carbocycles. The van der Waals surface area contributed by atoms with Crippen molar-refractivity contribution >= 4 is 11.9 Å². The number of nitrogens with zero attached hydrogens (tertiary/aromatic N) is 1. The van der Waals surface area contributed by atoms with Crippen LogP contribution >= 0.6 is 0 Å². The minimum Gasteiger partial charge on any atom is -1.00 e. The summed E-state index contributed by atoms with van der Waals surface area (Å²) in [6.45, 7) is 11.1. The minimum atomic E-state index is -0.504. The topological polar surface area (TPSA) is 73.1 Å². The zero-order valence-corrected chi connectivity index (χ0v) is 24.8. The summed E-state index contributed by atoms with van der Waals surface area (Å²) in [7, 11) is 0. The maximum Gasteiger partial charge on any atom is 0.340 e. The van der Waals surface area contributed by atoms with Crippen molar-refractivity contribution in [3.8, 4) is 0 Å². The van der Waals surface area contributed by atoms with Crippen LogP contribution in [0.1, 0.15) is 78.2 Å². The van der Waals surface area contributed by atoms with Gasteiger partial charge in [0.2, 0.25) is 0 Å². The van der Waals surface area contributed by atoms with Crippen molar-refractivity contribution in [3.05, 3.63) is 52.6 Å². The smallest absolute Gasteiger partial charge is 0.340 e. The molecule has 0 amide bonds. The van der Waals surface area contributed by atoms with Gasteiger partial charge < -0.3 is 57.4 Å². The van der Waals surface area contributed by atoms with Crippen LogP contribution in [0.25, 0.3) is 0 Å². The fourth-order valence-electron chi connectivity index (χ4n) is 4.14. The average molecular weight is 684 g/mol. The van der Waals surface area contributed by atoms with E-state index in [1.807, 2.05) is 37.5 Å². The third-order valence-electron chi connectivity index (χ3n) is 5.59. The maximum absolute atomic E-state index is 12.9. The Morgan fingerprint density at radius 1 is 0.909 bits per heavy atom. The van der Waals surface area contributed by atoms with E-state index in [2.05, 4.69) is 17.7 Å². The summed E-state index contributed by atoms with van der Waals surface area (Å²) < 4.78 is 12.9. The molecule has 1 aliphatic heterocycles. The van der Waals surface area contributed by atoms with Crippen LogP contribution in [0.2, 0.25) is 0 Å². The van der Waals surface area contributed by atoms with E-state index in [-0.39, 0.29) is 73.1 Å². The number of aromatic nitrogens is 1. The lowest BCUT2D eigenvalue weighted by molar-refractivity contribution is -0.697. The molecular formula is C25H38I2N2O4. The van der Waals surface area contributed by atoms with Gasteiger partial charge in [-0.25, -0.2) is 14.2 Å². The molecule has 1 aliphatic rings. The van der Waals surface area contributed by atoms with Gasteiger partial charge in [-0.1, -0.05) is 26.2 Å². The van der Waals surface area contributed by atoms with Gasteiger partial charge in [0.1, 0.15) is 29.1 Å². The van der Waals surface area contributed by atoms with E-state index in [9.17, 15) is 9.59 Å². The third kappa shape index (κ3) is 8.93. The number of carbonyl (C=O) groups excluding carboxylic acids is 2. The van der Waals surface area contributed by atoms with Gasteiger partial charge in [0, 0.05) is 31.9 Å². The normalized spacial score (nSPS) is 13.8. The molecular weight excluding hydrogens is 646 g/mol. The number of rotatable bonds is 11. The highest BCUT2D eigenvalue weighted by Gasteiger charge is 2.41. The number of unbranched alkanes of at least 4 members (excludes halogenated alkanes) is 4. The summed E-state index contributed by atoms with van der Waals surface area (Å²) >= 11 is 0. The minimum absolute atomic E-state index is 0. The van der Waals surface area contributed by atoms with Crippen LogP contribution in [-0.2, 0) is 25.6 Å². The molecule has 186 valence electrons. The molecule has 0 unspecified atom stereocenters. The van der Waals surface area contributed by atoms with Crippen LogP contribution in [0.15, 0.2) is 47.1 Å². The Morgan fingerprint density at radius 3 is 1.97 bits per heavy atom. The molecule has 0 radical (unpaired) electrons. The van der Waals surface area contributed by atoms with Gasteiger partial charge in [-0.05, 0) is 26.3 Å². The van der Waals surface area contributed by atoms with Crippen LogP contribution in [0.3, 0.4) is 0 Å². The monoisotopic (exact) mass is 684 g/mol. The number of aryl methyl sites for hydroxylation is 1. The largest absolute Gasteiger partial charge is 1.00 e. The average Bonchev–Trinajstić information content (AvgIpc) is 2.73. The molecule has 0 saturated heterocycles. The molecule has 1 aromatic rings. The molecule has 0 aromatic carbocycles. The van der Waals surface area contributed by atoms with Crippen molar-refractivity contribution in [2.24, 2.45) is 0 Å². The highest BCUT2D eigenvalue weighted by molar-refractivity contribution is 5.99. The van der Waals surface area contributed by atoms with Crippen molar-refractivity contribution in [2.75, 3.05) is 13.2 Å². The fraction of sp³-hybridized carbons (Fsp3) is 0.560. The maximum atomic E-state index is 12.9. The lowest BCUT2D eigenvalue weighted by Gasteiger charge is -2.26. The predicted octanol–water partition coefficient (Wildman–Crippen LogP) is -2.71. The number of nitrogens with two attached hydrogens (primary N) is 1. The molecule has 2 heterocycles. The van der Waals surface area contributed by atoms with Gasteiger partial charge in [-0.3, -0.25) is 5.32 Å². The first-order valence-corrected chi connectivity index (χ1v) is 11.5. The Hall–Kier alpha value is -1.01. The quantitative estimate of drug-likeness (QED) is 0.119. The van der Waals surface area contributed by atoms with E-state index in [0.717, 1.165) is 29.9 Å². The second-order valence-corrected chi connectivity index (χ2v) is 8.00. The van der Waals surface area contributed by atoms with Crippen molar-refractivity contribution in [3.63, 3.8) is 0 Å². The number of ether oxygens (including phenoxy) is 2. The summed E-state index contributed by atoms with van der Waals surface area (Å²) in [6.07, 6.45) is 10.1. The Kier molecular flexibility index (Phi) is 16.1. The molecule has 1 aromatic heterocycles. The number of carbonyl (C=O) groups is 2. The van der Waals surface area contributed by atoms with E-state index in [1.165, 1.54) is 25.7 Å². The molecule has 0 fully saturated rings. The molecule has 33 heavy (non-hydrogen) atoms. The van der Waals surface area contributed by atoms with E-state index >= 15 is 0 Å². The number of halogens is 2. The first-order chi connectivity index (χ1) is 14.9. The number of pyridine rings is 1. The first kappa shape index (κ1) is 32.0. The van der Waals surface area contributed by atoms with Crippen LogP contribution in [0.4, 0.5) is 0 Å². The van der Waals surface area contributed by atoms with Crippen molar-refractivity contribution < 1.29 is 76.9 Å². The zero-order valence-electron chi connectivity index (χ0n) is 20.5. The van der Waals surface area contributed by atoms with Crippen LogP contribution in [0.5, 0.6) is 0 Å². The number of allylic oxidation sites excluding steroid dienone is 2. The second-order valence-electron chi connectivity index (χ2n) is 8.00. The predicted molar refractivity (Wildman–Crippen MR) is 119 cm³/mol. The Balaban J connectivity index is 0.00000512. The summed E-state index contributed by atoms with van der Waals surface area (Å²) in [5.41, 5.74) is 3.56. The van der Waals surface area contributed by atoms with Gasteiger partial charge in [0.05, 0.1) is 19.1 Å². The lowest BCUT2D eigenvalue weighted by atomic mass is 9.81. The number of quaternary nitrogens is 1. The van der Waals surface area contributed by atoms with Gasteiger partial charge in [0.15, 0.2) is 12.4 Å². The van der Waals surface area contributed by atoms with Crippen LogP contribution in [0, 0.1) is 0 Å². The number of esters is 2. The van der Waals surface area contributed by atoms with E-state index in [0.29, 0.717) is 11.1 Å². The lowest BCUT2D eigenvalue weighted by Crippen LogP contribution is -3.00. The summed E-state index contributed by atoms with van der Waals surface area (Å²) in [5, 5.41) is 1.87. The summed E-state index contributed by atoms with van der Waals surface area (Å²) in [5.74, 6) is -1.27. The number of hydrogen-bond donors (Lipinski definition) is 1. The van der Waals surface area contributed by atoms with E-state index < -0.39 is 5.92 Å². The SMILES string of the molecule is CCCCCCC[n+]1cccc(C2C(C(=O)OCC)=C(C)[NH2+]C(C)=C2C(=O)OCC)c1.[I-].[I-]. The van der Waals surface area contributed by atoms with Gasteiger partial charge in [-0.2, -0.15) is 0 Å². The summed E-state index contributed by atoms with van der Waals surface area (Å²) in [6, 6.07) is 3.96. The van der Waals surface area contributed by atoms with Crippen LogP contribution in [-0.4, -0.2) is 25.2 Å². The Bertz CT molecular complexity index is 813. The second kappa shape index (κ2) is 16.6. The zero-order chi connectivity index (χ0) is 22.8. The molecule has 0 spiro atoms. The highest BCUT2D eigenvalue weighted by Crippen LogP contribution is 2.36. The van der Waals surface area contributed by atoms with Crippen molar-refractivity contribution in [1.82, 2.24) is 0 Å². The molecule has 2 rings (SSSR count). The van der Waals surface area contributed by atoms with Gasteiger partial charge in [0.25, 0.3) is 0 Å². The van der Waals surface area contributed by atoms with Gasteiger partial charge >= 0.3 is 11.9 Å². The van der Waals surface area contributed by atoms with Crippen molar-refractivity contribution in [1.29, 1.82) is 0 Å². The van der Waals surface area contributed by atoms with Crippen LogP contribution < -0.4 is 57.8 Å². The molecule has 0 saturated carbocycles. The van der Waals surface area contributed by atoms with Gasteiger partial charge in [-0.15, -0.1) is 0 Å². The Morgan fingerprint density at radius 2 is 1.45 bits per heavy atom. The molecule has 0 bridgehead atoms. The molecule has 2 N–H and O–H groups in total. The number of hydrogen-bond acceptors (Lipinski definition) is 4. The molecule has 0 atom stereocenters. The van der Waals surface area contributed by atoms with E-state index in [1.54, 1.807) is 13.8 Å².